The van der Waals surface area contributed by atoms with Crippen LogP contribution in [0.15, 0.2) is 52.9 Å². The van der Waals surface area contributed by atoms with E-state index in [2.05, 4.69) is 33.7 Å². The highest BCUT2D eigenvalue weighted by atomic mass is 32.2. The van der Waals surface area contributed by atoms with E-state index in [-0.39, 0.29) is 0 Å². The highest BCUT2D eigenvalue weighted by molar-refractivity contribution is 7.98. The zero-order valence-corrected chi connectivity index (χ0v) is 13.9. The number of nitrogens with one attached hydrogen (secondary N) is 1. The Labute approximate surface area is 137 Å². The molecule has 0 unspecified atom stereocenters. The molecule has 0 aliphatic rings. The van der Waals surface area contributed by atoms with E-state index >= 15 is 0 Å². The van der Waals surface area contributed by atoms with Crippen molar-refractivity contribution in [2.75, 3.05) is 18.7 Å². The van der Waals surface area contributed by atoms with Crippen molar-refractivity contribution in [3.05, 3.63) is 48.0 Å². The molecule has 112 valence electrons. The Hall–Kier alpha value is -2.05. The molecule has 1 N–H and O–H groups in total. The number of hydrogen-bond acceptors (Lipinski definition) is 6. The highest BCUT2D eigenvalue weighted by Crippen LogP contribution is 2.29. The van der Waals surface area contributed by atoms with E-state index in [4.69, 9.17) is 4.74 Å². The van der Waals surface area contributed by atoms with Crippen LogP contribution in [0.25, 0.3) is 11.3 Å². The molecule has 3 aromatic rings. The normalized spacial score (nSPS) is 10.5. The molecule has 0 spiro atoms. The van der Waals surface area contributed by atoms with Crippen molar-refractivity contribution in [2.24, 2.45) is 0 Å². The molecule has 0 amide bonds. The number of hydrogen-bond donors (Lipinski definition) is 1. The second-order valence-corrected chi connectivity index (χ2v) is 6.22. The maximum absolute atomic E-state index is 5.15. The van der Waals surface area contributed by atoms with Crippen molar-refractivity contribution in [3.63, 3.8) is 0 Å². The fraction of sp³-hybridized carbons (Fsp3) is 0.125. The Bertz CT molecular complexity index is 773. The average Bonchev–Trinajstić information content (AvgIpc) is 3.03. The minimum absolute atomic E-state index is 0.590. The van der Waals surface area contributed by atoms with Gasteiger partial charge in [0.1, 0.15) is 0 Å². The molecule has 0 radical (unpaired) electrons. The summed E-state index contributed by atoms with van der Waals surface area (Å²) in [5, 5.41) is 6.23. The summed E-state index contributed by atoms with van der Waals surface area (Å²) in [6.07, 6.45) is 3.79. The third kappa shape index (κ3) is 3.40. The molecule has 0 atom stereocenters. The lowest BCUT2D eigenvalue weighted by Crippen LogP contribution is -1.90. The maximum atomic E-state index is 5.15. The largest absolute Gasteiger partial charge is 0.481 e. The molecule has 2 heterocycles. The van der Waals surface area contributed by atoms with Gasteiger partial charge in [-0.05, 0) is 30.5 Å². The maximum Gasteiger partial charge on any atom is 0.213 e. The molecule has 0 aliphatic heterocycles. The van der Waals surface area contributed by atoms with E-state index in [1.54, 1.807) is 36.4 Å². The summed E-state index contributed by atoms with van der Waals surface area (Å²) in [5.41, 5.74) is 2.95. The first kappa shape index (κ1) is 14.9. The first-order valence-electron chi connectivity index (χ1n) is 6.65. The summed E-state index contributed by atoms with van der Waals surface area (Å²) in [6, 6.07) is 12.1. The first-order chi connectivity index (χ1) is 10.8. The smallest absolute Gasteiger partial charge is 0.213 e. The van der Waals surface area contributed by atoms with Crippen molar-refractivity contribution in [3.8, 4) is 17.1 Å². The van der Waals surface area contributed by atoms with Gasteiger partial charge in [0.2, 0.25) is 5.88 Å². The van der Waals surface area contributed by atoms with Crippen molar-refractivity contribution in [1.29, 1.82) is 0 Å². The molecular formula is C16H15N3OS2. The molecule has 0 bridgehead atoms. The highest BCUT2D eigenvalue weighted by Gasteiger charge is 2.06. The van der Waals surface area contributed by atoms with E-state index < -0.39 is 0 Å². The van der Waals surface area contributed by atoms with Crippen LogP contribution in [0, 0.1) is 0 Å². The van der Waals surface area contributed by atoms with Crippen LogP contribution in [0.3, 0.4) is 0 Å². The second-order valence-electron chi connectivity index (χ2n) is 4.48. The molecule has 0 saturated carbocycles. The van der Waals surface area contributed by atoms with Crippen LogP contribution in [-0.4, -0.2) is 23.3 Å². The number of anilines is 2. The van der Waals surface area contributed by atoms with Crippen molar-refractivity contribution in [2.45, 2.75) is 4.90 Å². The molecule has 4 nitrogen and oxygen atoms in total. The van der Waals surface area contributed by atoms with Crippen LogP contribution in [-0.2, 0) is 0 Å². The van der Waals surface area contributed by atoms with Crippen LogP contribution in [0.5, 0.6) is 5.88 Å². The summed E-state index contributed by atoms with van der Waals surface area (Å²) in [6.45, 7) is 0. The van der Waals surface area contributed by atoms with Crippen LogP contribution in [0.4, 0.5) is 10.8 Å². The Kier molecular flexibility index (Phi) is 4.60. The lowest BCUT2D eigenvalue weighted by molar-refractivity contribution is 0.398. The van der Waals surface area contributed by atoms with Gasteiger partial charge >= 0.3 is 0 Å². The van der Waals surface area contributed by atoms with E-state index in [0.29, 0.717) is 5.88 Å². The molecular weight excluding hydrogens is 314 g/mol. The van der Waals surface area contributed by atoms with Crippen LogP contribution in [0.2, 0.25) is 0 Å². The van der Waals surface area contributed by atoms with Gasteiger partial charge in [0.15, 0.2) is 5.13 Å². The fourth-order valence-corrected chi connectivity index (χ4v) is 3.17. The van der Waals surface area contributed by atoms with Gasteiger partial charge in [0.05, 0.1) is 12.8 Å². The lowest BCUT2D eigenvalue weighted by atomic mass is 10.2. The molecule has 22 heavy (non-hydrogen) atoms. The van der Waals surface area contributed by atoms with Gasteiger partial charge in [0, 0.05) is 33.8 Å². The predicted molar refractivity (Wildman–Crippen MR) is 93.4 cm³/mol. The van der Waals surface area contributed by atoms with Crippen molar-refractivity contribution in [1.82, 2.24) is 9.97 Å². The van der Waals surface area contributed by atoms with E-state index in [0.717, 1.165) is 22.1 Å². The Balaban J connectivity index is 1.81. The number of rotatable bonds is 5. The monoisotopic (exact) mass is 329 g/mol. The van der Waals surface area contributed by atoms with E-state index in [1.165, 1.54) is 4.90 Å². The quantitative estimate of drug-likeness (QED) is 0.689. The van der Waals surface area contributed by atoms with Crippen molar-refractivity contribution < 1.29 is 4.74 Å². The summed E-state index contributed by atoms with van der Waals surface area (Å²) < 4.78 is 5.15. The zero-order chi connectivity index (χ0) is 15.4. The molecule has 3 rings (SSSR count). The summed E-state index contributed by atoms with van der Waals surface area (Å²) in [5.74, 6) is 0.590. The van der Waals surface area contributed by atoms with Gasteiger partial charge in [-0.2, -0.15) is 0 Å². The fourth-order valence-electron chi connectivity index (χ4n) is 1.97. The zero-order valence-electron chi connectivity index (χ0n) is 12.2. The Morgan fingerprint density at radius 2 is 2.14 bits per heavy atom. The van der Waals surface area contributed by atoms with E-state index in [9.17, 15) is 0 Å². The Morgan fingerprint density at radius 3 is 2.95 bits per heavy atom. The summed E-state index contributed by atoms with van der Waals surface area (Å²) >= 11 is 3.30. The number of pyridine rings is 1. The predicted octanol–water partition coefficient (Wildman–Crippen LogP) is 4.68. The number of benzene rings is 1. The second kappa shape index (κ2) is 6.81. The molecule has 1 aromatic carbocycles. The minimum atomic E-state index is 0.590. The summed E-state index contributed by atoms with van der Waals surface area (Å²) in [7, 11) is 1.61. The standard InChI is InChI=1S/C16H15N3OS2/c1-20-15-8-11(6-7-17-15)14-10-22-16(19-14)18-12-4-3-5-13(9-12)21-2/h3-10H,1-2H3,(H,18,19). The van der Waals surface area contributed by atoms with Crippen LogP contribution in [0.1, 0.15) is 0 Å². The number of aromatic nitrogens is 2. The number of thioether (sulfide) groups is 1. The lowest BCUT2D eigenvalue weighted by Gasteiger charge is -2.04. The SMILES string of the molecule is COc1cc(-c2csc(Nc3cccc(SC)c3)n2)ccn1. The summed E-state index contributed by atoms with van der Waals surface area (Å²) in [4.78, 5) is 9.96. The molecule has 6 heteroatoms. The van der Waals surface area contributed by atoms with Gasteiger partial charge in [-0.3, -0.25) is 0 Å². The van der Waals surface area contributed by atoms with Gasteiger partial charge in [0.25, 0.3) is 0 Å². The topological polar surface area (TPSA) is 47.0 Å². The molecule has 2 aromatic heterocycles. The molecule has 0 aliphatic carbocycles. The van der Waals surface area contributed by atoms with E-state index in [1.807, 2.05) is 29.6 Å². The average molecular weight is 329 g/mol. The number of methoxy groups -OCH3 is 1. The van der Waals surface area contributed by atoms with Crippen LogP contribution >= 0.6 is 23.1 Å². The van der Waals surface area contributed by atoms with Crippen molar-refractivity contribution >= 4 is 33.9 Å². The van der Waals surface area contributed by atoms with Crippen LogP contribution < -0.4 is 10.1 Å². The van der Waals surface area contributed by atoms with Gasteiger partial charge in [-0.25, -0.2) is 9.97 Å². The van der Waals surface area contributed by atoms with Gasteiger partial charge in [-0.15, -0.1) is 23.1 Å². The number of nitrogens with zero attached hydrogens (tertiary/aromatic N) is 2. The van der Waals surface area contributed by atoms with Gasteiger partial charge < -0.3 is 10.1 Å². The third-order valence-electron chi connectivity index (χ3n) is 3.06. The van der Waals surface area contributed by atoms with Gasteiger partial charge in [-0.1, -0.05) is 6.07 Å². The molecule has 0 saturated heterocycles. The number of thiazole rings is 1. The Morgan fingerprint density at radius 1 is 1.23 bits per heavy atom. The first-order valence-corrected chi connectivity index (χ1v) is 8.76. The minimum Gasteiger partial charge on any atom is -0.481 e. The number of ether oxygens (including phenoxy) is 1. The molecule has 0 fully saturated rings. The third-order valence-corrected chi connectivity index (χ3v) is 4.55.